The summed E-state index contributed by atoms with van der Waals surface area (Å²) in [6.45, 7) is 1.77. The molecule has 0 bridgehead atoms. The zero-order valence-corrected chi connectivity index (χ0v) is 10.2. The van der Waals surface area contributed by atoms with Crippen LogP contribution in [0.2, 0.25) is 0 Å². The zero-order valence-electron chi connectivity index (χ0n) is 10.2. The van der Waals surface area contributed by atoms with Gasteiger partial charge in [-0.3, -0.25) is 14.4 Å². The molecule has 18 heavy (non-hydrogen) atoms. The van der Waals surface area contributed by atoms with Crippen molar-refractivity contribution in [1.82, 2.24) is 15.1 Å². The van der Waals surface area contributed by atoms with Gasteiger partial charge in [0.15, 0.2) is 0 Å². The Bertz CT molecular complexity index is 509. The smallest absolute Gasteiger partial charge is 0.308 e. The highest BCUT2D eigenvalue weighted by atomic mass is 16.4. The lowest BCUT2D eigenvalue weighted by Crippen LogP contribution is -2.34. The van der Waals surface area contributed by atoms with Gasteiger partial charge in [0.05, 0.1) is 5.92 Å². The van der Waals surface area contributed by atoms with E-state index in [2.05, 4.69) is 10.4 Å². The van der Waals surface area contributed by atoms with Crippen molar-refractivity contribution in [2.24, 2.45) is 13.0 Å². The maximum atomic E-state index is 11.7. The lowest BCUT2D eigenvalue weighted by molar-refractivity contribution is -0.141. The van der Waals surface area contributed by atoms with Crippen molar-refractivity contribution in [2.45, 2.75) is 13.3 Å². The molecule has 1 rings (SSSR count). The Morgan fingerprint density at radius 3 is 2.67 bits per heavy atom. The number of carboxylic acids is 1. The van der Waals surface area contributed by atoms with E-state index in [1.54, 1.807) is 6.92 Å². The van der Waals surface area contributed by atoms with Gasteiger partial charge in [0.1, 0.15) is 5.69 Å². The molecule has 0 aliphatic carbocycles. The van der Waals surface area contributed by atoms with Crippen molar-refractivity contribution in [1.29, 1.82) is 0 Å². The van der Waals surface area contributed by atoms with E-state index in [1.165, 1.54) is 19.2 Å². The minimum Gasteiger partial charge on any atom is -0.481 e. The molecule has 7 nitrogen and oxygen atoms in total. The molecule has 7 heteroatoms. The lowest BCUT2D eigenvalue weighted by atomic mass is 10.1. The van der Waals surface area contributed by atoms with E-state index < -0.39 is 17.8 Å². The monoisotopic (exact) mass is 253 g/mol. The minimum absolute atomic E-state index is 0.0369. The molecule has 0 fully saturated rings. The summed E-state index contributed by atoms with van der Waals surface area (Å²) in [6.07, 6.45) is 0.427. The maximum Gasteiger partial charge on any atom is 0.308 e. The van der Waals surface area contributed by atoms with Crippen LogP contribution in [-0.4, -0.2) is 33.3 Å². The molecule has 0 spiro atoms. The maximum absolute atomic E-state index is 11.7. The average Bonchev–Trinajstić information content (AvgIpc) is 2.32. The number of hydrogen-bond donors (Lipinski definition) is 2. The SMILES string of the molecule is CCC(CNC(=O)c1ccc(=O)n(C)n1)C(=O)O. The highest BCUT2D eigenvalue weighted by Crippen LogP contribution is 2.01. The van der Waals surface area contributed by atoms with Crippen molar-refractivity contribution in [3.05, 3.63) is 28.2 Å². The van der Waals surface area contributed by atoms with Gasteiger partial charge in [-0.15, -0.1) is 0 Å². The summed E-state index contributed by atoms with van der Waals surface area (Å²) in [6, 6.07) is 2.54. The zero-order chi connectivity index (χ0) is 13.7. The van der Waals surface area contributed by atoms with Crippen LogP contribution < -0.4 is 10.9 Å². The standard InChI is InChI=1S/C11H15N3O4/c1-3-7(11(17)18)6-12-10(16)8-4-5-9(15)14(2)13-8/h4-5,7H,3,6H2,1-2H3,(H,12,16)(H,17,18). The summed E-state index contributed by atoms with van der Waals surface area (Å²) in [5.74, 6) is -2.07. The van der Waals surface area contributed by atoms with Gasteiger partial charge in [-0.25, -0.2) is 4.68 Å². The summed E-state index contributed by atoms with van der Waals surface area (Å²) in [4.78, 5) is 33.5. The van der Waals surface area contributed by atoms with E-state index >= 15 is 0 Å². The minimum atomic E-state index is -0.953. The molecule has 98 valence electrons. The molecule has 1 heterocycles. The molecule has 1 aromatic rings. The van der Waals surface area contributed by atoms with Crippen LogP contribution >= 0.6 is 0 Å². The molecule has 0 aliphatic heterocycles. The Morgan fingerprint density at radius 1 is 1.50 bits per heavy atom. The van der Waals surface area contributed by atoms with Gasteiger partial charge >= 0.3 is 5.97 Å². The highest BCUT2D eigenvalue weighted by Gasteiger charge is 2.17. The molecule has 0 saturated carbocycles. The van der Waals surface area contributed by atoms with E-state index in [4.69, 9.17) is 5.11 Å². The first kappa shape index (κ1) is 13.9. The van der Waals surface area contributed by atoms with Crippen LogP contribution in [0.25, 0.3) is 0 Å². The van der Waals surface area contributed by atoms with Gasteiger partial charge in [0, 0.05) is 19.7 Å². The fourth-order valence-corrected chi connectivity index (χ4v) is 1.34. The summed E-state index contributed by atoms with van der Waals surface area (Å²) < 4.78 is 1.05. The number of nitrogens with zero attached hydrogens (tertiary/aromatic N) is 2. The number of aromatic nitrogens is 2. The fourth-order valence-electron chi connectivity index (χ4n) is 1.34. The first-order valence-corrected chi connectivity index (χ1v) is 5.51. The third-order valence-corrected chi connectivity index (χ3v) is 2.54. The number of carbonyl (C=O) groups excluding carboxylic acids is 1. The quantitative estimate of drug-likeness (QED) is 0.745. The number of hydrogen-bond acceptors (Lipinski definition) is 4. The van der Waals surface area contributed by atoms with Gasteiger partial charge in [-0.05, 0) is 12.5 Å². The van der Waals surface area contributed by atoms with Crippen LogP contribution in [0.15, 0.2) is 16.9 Å². The number of rotatable bonds is 5. The van der Waals surface area contributed by atoms with Gasteiger partial charge in [-0.1, -0.05) is 6.92 Å². The summed E-state index contributed by atoms with van der Waals surface area (Å²) in [5, 5.41) is 15.1. The van der Waals surface area contributed by atoms with Crippen LogP contribution in [0.4, 0.5) is 0 Å². The first-order valence-electron chi connectivity index (χ1n) is 5.51. The normalized spacial score (nSPS) is 11.9. The number of nitrogens with one attached hydrogen (secondary N) is 1. The van der Waals surface area contributed by atoms with Crippen molar-refractivity contribution >= 4 is 11.9 Å². The van der Waals surface area contributed by atoms with E-state index in [0.29, 0.717) is 6.42 Å². The predicted molar refractivity (Wildman–Crippen MR) is 63.2 cm³/mol. The van der Waals surface area contributed by atoms with Gasteiger partial charge in [0.25, 0.3) is 11.5 Å². The van der Waals surface area contributed by atoms with Crippen molar-refractivity contribution < 1.29 is 14.7 Å². The fraction of sp³-hybridized carbons (Fsp3) is 0.455. The third kappa shape index (κ3) is 3.41. The molecule has 0 saturated heterocycles. The van der Waals surface area contributed by atoms with Crippen molar-refractivity contribution in [3.63, 3.8) is 0 Å². The number of carboxylic acid groups (broad SMARTS) is 1. The molecular formula is C11H15N3O4. The highest BCUT2D eigenvalue weighted by molar-refractivity contribution is 5.92. The van der Waals surface area contributed by atoms with E-state index in [0.717, 1.165) is 4.68 Å². The topological polar surface area (TPSA) is 101 Å². The van der Waals surface area contributed by atoms with Crippen LogP contribution in [0.3, 0.4) is 0 Å². The van der Waals surface area contributed by atoms with E-state index in [-0.39, 0.29) is 17.8 Å². The molecule has 0 aromatic carbocycles. The molecule has 1 amide bonds. The largest absolute Gasteiger partial charge is 0.481 e. The van der Waals surface area contributed by atoms with Crippen LogP contribution in [0.5, 0.6) is 0 Å². The average molecular weight is 253 g/mol. The van der Waals surface area contributed by atoms with Gasteiger partial charge in [-0.2, -0.15) is 5.10 Å². The Morgan fingerprint density at radius 2 is 2.17 bits per heavy atom. The number of aryl methyl sites for hydroxylation is 1. The Hall–Kier alpha value is -2.18. The Balaban J connectivity index is 2.68. The molecule has 1 unspecified atom stereocenters. The molecule has 1 aromatic heterocycles. The second-order valence-electron chi connectivity index (χ2n) is 3.83. The van der Waals surface area contributed by atoms with Crippen molar-refractivity contribution in [3.8, 4) is 0 Å². The number of aliphatic carboxylic acids is 1. The molecule has 1 atom stereocenters. The van der Waals surface area contributed by atoms with Crippen LogP contribution in [0, 0.1) is 5.92 Å². The Kier molecular flexibility index (Phi) is 4.59. The lowest BCUT2D eigenvalue weighted by Gasteiger charge is -2.10. The summed E-state index contributed by atoms with van der Waals surface area (Å²) in [5.41, 5.74) is -0.235. The second-order valence-corrected chi connectivity index (χ2v) is 3.83. The second kappa shape index (κ2) is 5.95. The number of carbonyl (C=O) groups is 2. The summed E-state index contributed by atoms with van der Waals surface area (Å²) in [7, 11) is 1.44. The van der Waals surface area contributed by atoms with Crippen molar-refractivity contribution in [2.75, 3.05) is 6.54 Å². The molecule has 2 N–H and O–H groups in total. The number of amides is 1. The van der Waals surface area contributed by atoms with Gasteiger partial charge < -0.3 is 10.4 Å². The molecule has 0 aliphatic rings. The van der Waals surface area contributed by atoms with Crippen LogP contribution in [-0.2, 0) is 11.8 Å². The molecular weight excluding hydrogens is 238 g/mol. The van der Waals surface area contributed by atoms with Gasteiger partial charge in [0.2, 0.25) is 0 Å². The van der Waals surface area contributed by atoms with E-state index in [9.17, 15) is 14.4 Å². The first-order chi connectivity index (χ1) is 8.45. The predicted octanol–water partition coefficient (Wildman–Crippen LogP) is -0.379. The van der Waals surface area contributed by atoms with E-state index in [1.807, 2.05) is 0 Å². The molecule has 0 radical (unpaired) electrons. The van der Waals surface area contributed by atoms with Crippen LogP contribution in [0.1, 0.15) is 23.8 Å². The third-order valence-electron chi connectivity index (χ3n) is 2.54. The Labute approximate surface area is 103 Å². The summed E-state index contributed by atoms with van der Waals surface area (Å²) >= 11 is 0.